The number of ether oxygens (including phenoxy) is 1. The highest BCUT2D eigenvalue weighted by atomic mass is 32.2. The number of benzene rings is 4. The fourth-order valence-electron chi connectivity index (χ4n) is 4.78. The van der Waals surface area contributed by atoms with Crippen LogP contribution in [0.4, 0.5) is 0 Å². The zero-order valence-electron chi connectivity index (χ0n) is 24.9. The van der Waals surface area contributed by atoms with Crippen LogP contribution in [0.1, 0.15) is 72.9 Å². The summed E-state index contributed by atoms with van der Waals surface area (Å²) >= 11 is 4.14. The van der Waals surface area contributed by atoms with E-state index in [9.17, 15) is 0 Å². The van der Waals surface area contributed by atoms with E-state index in [0.717, 1.165) is 37.2 Å². The third-order valence-corrected chi connectivity index (χ3v) is 9.50. The molecule has 0 aliphatic carbocycles. The minimum atomic E-state index is 0.863. The molecule has 4 rings (SSSR count). The summed E-state index contributed by atoms with van der Waals surface area (Å²) in [5, 5.41) is 0. The first-order valence-electron chi connectivity index (χ1n) is 15.4. The standard InChI is InChI=1S/C38H46OS2/c1-3-5-25-40-27-23-31-15-19-33(20-16-31)29-35-11-7-9-13-37(35)39-38-14-10-8-12-36(38)30-34-21-17-32(18-22-34)24-28-41-26-6-4-2/h7-22H,3-6,23-30H2,1-2H3. The zero-order chi connectivity index (χ0) is 28.5. The van der Waals surface area contributed by atoms with E-state index in [1.54, 1.807) is 0 Å². The molecule has 0 atom stereocenters. The maximum Gasteiger partial charge on any atom is 0.130 e. The molecule has 1 nitrogen and oxygen atoms in total. The van der Waals surface area contributed by atoms with Gasteiger partial charge in [0.25, 0.3) is 0 Å². The first kappa shape index (κ1) is 31.3. The van der Waals surface area contributed by atoms with Gasteiger partial charge in [0.2, 0.25) is 0 Å². The molecular formula is C38H46OS2. The fourth-order valence-corrected chi connectivity index (χ4v) is 6.94. The second kappa shape index (κ2) is 18.0. The van der Waals surface area contributed by atoms with Crippen LogP contribution in [0.3, 0.4) is 0 Å². The minimum Gasteiger partial charge on any atom is -0.457 e. The molecule has 216 valence electrons. The zero-order valence-corrected chi connectivity index (χ0v) is 26.6. The van der Waals surface area contributed by atoms with Gasteiger partial charge in [-0.1, -0.05) is 112 Å². The minimum absolute atomic E-state index is 0.863. The first-order chi connectivity index (χ1) is 20.2. The van der Waals surface area contributed by atoms with Crippen molar-refractivity contribution in [3.63, 3.8) is 0 Å². The summed E-state index contributed by atoms with van der Waals surface area (Å²) in [6.07, 6.45) is 9.22. The van der Waals surface area contributed by atoms with Crippen LogP contribution in [-0.4, -0.2) is 23.0 Å². The van der Waals surface area contributed by atoms with Crippen molar-refractivity contribution in [3.8, 4) is 11.5 Å². The molecule has 0 bridgehead atoms. The predicted octanol–water partition coefficient (Wildman–Crippen LogP) is 10.8. The van der Waals surface area contributed by atoms with Crippen LogP contribution in [-0.2, 0) is 25.7 Å². The van der Waals surface area contributed by atoms with E-state index < -0.39 is 0 Å². The van der Waals surface area contributed by atoms with Crippen molar-refractivity contribution >= 4 is 23.5 Å². The predicted molar refractivity (Wildman–Crippen MR) is 183 cm³/mol. The van der Waals surface area contributed by atoms with Crippen LogP contribution < -0.4 is 4.74 Å². The van der Waals surface area contributed by atoms with Gasteiger partial charge in [0.15, 0.2) is 0 Å². The van der Waals surface area contributed by atoms with E-state index >= 15 is 0 Å². The van der Waals surface area contributed by atoms with Crippen molar-refractivity contribution in [1.29, 1.82) is 0 Å². The van der Waals surface area contributed by atoms with Gasteiger partial charge < -0.3 is 4.74 Å². The second-order valence-electron chi connectivity index (χ2n) is 10.7. The topological polar surface area (TPSA) is 9.23 Å². The lowest BCUT2D eigenvalue weighted by Gasteiger charge is -2.15. The second-order valence-corrected chi connectivity index (χ2v) is 13.2. The van der Waals surface area contributed by atoms with Crippen molar-refractivity contribution in [2.75, 3.05) is 23.0 Å². The van der Waals surface area contributed by atoms with Crippen molar-refractivity contribution in [2.45, 2.75) is 65.2 Å². The molecule has 0 spiro atoms. The normalized spacial score (nSPS) is 11.1. The third kappa shape index (κ3) is 10.9. The summed E-state index contributed by atoms with van der Waals surface area (Å²) in [6, 6.07) is 35.3. The van der Waals surface area contributed by atoms with Gasteiger partial charge >= 0.3 is 0 Å². The van der Waals surface area contributed by atoms with E-state index in [4.69, 9.17) is 4.74 Å². The summed E-state index contributed by atoms with van der Waals surface area (Å²) in [4.78, 5) is 0. The molecule has 41 heavy (non-hydrogen) atoms. The molecule has 0 aliphatic rings. The van der Waals surface area contributed by atoms with E-state index in [0.29, 0.717) is 0 Å². The molecule has 0 aromatic heterocycles. The Bertz CT molecular complexity index is 1180. The highest BCUT2D eigenvalue weighted by molar-refractivity contribution is 7.99. The summed E-state index contributed by atoms with van der Waals surface area (Å²) in [5.41, 5.74) is 7.92. The average Bonchev–Trinajstić information content (AvgIpc) is 3.00. The summed E-state index contributed by atoms with van der Waals surface area (Å²) < 4.78 is 6.60. The van der Waals surface area contributed by atoms with Gasteiger partial charge in [-0.2, -0.15) is 23.5 Å². The van der Waals surface area contributed by atoms with Crippen LogP contribution in [0.5, 0.6) is 11.5 Å². The van der Waals surface area contributed by atoms with Gasteiger partial charge in [0.1, 0.15) is 11.5 Å². The Morgan fingerprint density at radius 2 is 0.854 bits per heavy atom. The maximum atomic E-state index is 6.60. The Morgan fingerprint density at radius 1 is 0.463 bits per heavy atom. The van der Waals surface area contributed by atoms with Crippen LogP contribution >= 0.6 is 23.5 Å². The molecule has 0 heterocycles. The van der Waals surface area contributed by atoms with E-state index in [1.165, 1.54) is 82.1 Å². The first-order valence-corrected chi connectivity index (χ1v) is 17.7. The molecule has 0 fully saturated rings. The molecule has 3 heteroatoms. The van der Waals surface area contributed by atoms with Gasteiger partial charge in [-0.25, -0.2) is 0 Å². The number of hydrogen-bond donors (Lipinski definition) is 0. The lowest BCUT2D eigenvalue weighted by molar-refractivity contribution is 0.472. The van der Waals surface area contributed by atoms with Crippen LogP contribution in [0.25, 0.3) is 0 Å². The summed E-state index contributed by atoms with van der Waals surface area (Å²) in [6.45, 7) is 4.52. The van der Waals surface area contributed by atoms with Gasteiger partial charge in [-0.05, 0) is 94.2 Å². The van der Waals surface area contributed by atoms with E-state index in [2.05, 4.69) is 134 Å². The molecule has 4 aromatic rings. The highest BCUT2D eigenvalue weighted by Crippen LogP contribution is 2.31. The lowest BCUT2D eigenvalue weighted by Crippen LogP contribution is -1.98. The van der Waals surface area contributed by atoms with Gasteiger partial charge in [0, 0.05) is 12.8 Å². The number of hydrogen-bond acceptors (Lipinski definition) is 3. The Balaban J connectivity index is 1.35. The van der Waals surface area contributed by atoms with E-state index in [-0.39, 0.29) is 0 Å². The van der Waals surface area contributed by atoms with Crippen molar-refractivity contribution in [3.05, 3.63) is 130 Å². The van der Waals surface area contributed by atoms with E-state index in [1.807, 2.05) is 0 Å². The molecule has 0 saturated heterocycles. The molecule has 0 amide bonds. The Hall–Kier alpha value is -2.62. The Morgan fingerprint density at radius 3 is 1.27 bits per heavy atom. The van der Waals surface area contributed by atoms with Crippen molar-refractivity contribution < 1.29 is 4.74 Å². The maximum absolute atomic E-state index is 6.60. The number of thioether (sulfide) groups is 2. The molecule has 0 N–H and O–H groups in total. The van der Waals surface area contributed by atoms with Crippen LogP contribution in [0.15, 0.2) is 97.1 Å². The smallest absolute Gasteiger partial charge is 0.130 e. The molecule has 0 aliphatic heterocycles. The summed E-state index contributed by atoms with van der Waals surface area (Å²) in [7, 11) is 0. The van der Waals surface area contributed by atoms with Crippen LogP contribution in [0, 0.1) is 0 Å². The van der Waals surface area contributed by atoms with Crippen molar-refractivity contribution in [1.82, 2.24) is 0 Å². The lowest BCUT2D eigenvalue weighted by atomic mass is 10.0. The largest absolute Gasteiger partial charge is 0.457 e. The van der Waals surface area contributed by atoms with Gasteiger partial charge in [-0.15, -0.1) is 0 Å². The molecule has 0 saturated carbocycles. The highest BCUT2D eigenvalue weighted by Gasteiger charge is 2.10. The Kier molecular flexibility index (Phi) is 13.8. The molecular weight excluding hydrogens is 537 g/mol. The summed E-state index contributed by atoms with van der Waals surface area (Å²) in [5.74, 6) is 6.84. The molecule has 0 unspecified atom stereocenters. The number of aryl methyl sites for hydroxylation is 2. The third-order valence-electron chi connectivity index (χ3n) is 7.35. The van der Waals surface area contributed by atoms with Gasteiger partial charge in [-0.3, -0.25) is 0 Å². The van der Waals surface area contributed by atoms with Gasteiger partial charge in [0.05, 0.1) is 0 Å². The monoisotopic (exact) mass is 582 g/mol. The Labute approximate surface area is 257 Å². The number of rotatable bonds is 18. The van der Waals surface area contributed by atoms with Crippen LogP contribution in [0.2, 0.25) is 0 Å². The average molecular weight is 583 g/mol. The number of para-hydroxylation sites is 2. The quantitative estimate of drug-likeness (QED) is 0.108. The molecule has 0 radical (unpaired) electrons. The fraction of sp³-hybridized carbons (Fsp3) is 0.368. The molecule has 4 aromatic carbocycles. The van der Waals surface area contributed by atoms with Crippen molar-refractivity contribution in [2.24, 2.45) is 0 Å². The number of unbranched alkanes of at least 4 members (excludes halogenated alkanes) is 2. The SMILES string of the molecule is CCCCSCCc1ccc(Cc2ccccc2Oc2ccccc2Cc2ccc(CCSCCCC)cc2)cc1.